The maximum Gasteiger partial charge on any atom is 0.249 e. The number of rotatable bonds is 8. The van der Waals surface area contributed by atoms with Crippen LogP contribution >= 0.6 is 0 Å². The van der Waals surface area contributed by atoms with Crippen molar-refractivity contribution in [3.8, 4) is 0 Å². The van der Waals surface area contributed by atoms with Gasteiger partial charge >= 0.3 is 0 Å². The first kappa shape index (κ1) is 14.8. The Bertz CT molecular complexity index is 429. The number of ether oxygens (including phenoxy) is 2. The summed E-state index contributed by atoms with van der Waals surface area (Å²) >= 11 is 0. The number of hydrogen-bond acceptors (Lipinski definition) is 4. The van der Waals surface area contributed by atoms with E-state index in [9.17, 15) is 4.79 Å². The van der Waals surface area contributed by atoms with E-state index in [0.717, 1.165) is 24.1 Å². The molecule has 0 atom stereocenters. The fraction of sp³-hybridized carbons (Fsp3) is 0.533. The van der Waals surface area contributed by atoms with Crippen molar-refractivity contribution in [2.24, 2.45) is 0 Å². The number of benzene rings is 1. The van der Waals surface area contributed by atoms with Crippen LogP contribution in [0.2, 0.25) is 0 Å². The van der Waals surface area contributed by atoms with E-state index in [1.165, 1.54) is 0 Å². The molecule has 0 bridgehead atoms. The molecule has 5 nitrogen and oxygen atoms in total. The Morgan fingerprint density at radius 1 is 1.30 bits per heavy atom. The molecule has 1 aliphatic rings. The van der Waals surface area contributed by atoms with Gasteiger partial charge in [-0.15, -0.1) is 0 Å². The van der Waals surface area contributed by atoms with E-state index in [0.29, 0.717) is 25.8 Å². The summed E-state index contributed by atoms with van der Waals surface area (Å²) in [5.74, 6) is 0.0421. The lowest BCUT2D eigenvalue weighted by atomic mass is 10.2. The molecule has 110 valence electrons. The number of carbonyl (C=O) groups excluding carboxylic acids is 1. The Labute approximate surface area is 119 Å². The highest BCUT2D eigenvalue weighted by atomic mass is 16.5. The minimum absolute atomic E-state index is 0.0421. The summed E-state index contributed by atoms with van der Waals surface area (Å²) in [6, 6.07) is 8.01. The average molecular weight is 278 g/mol. The molecule has 1 fully saturated rings. The molecule has 0 heterocycles. The van der Waals surface area contributed by atoms with Crippen LogP contribution in [-0.4, -0.2) is 43.8 Å². The van der Waals surface area contributed by atoms with Crippen molar-refractivity contribution in [3.63, 3.8) is 0 Å². The maximum absolute atomic E-state index is 12.2. The number of hydrogen-bond donors (Lipinski definition) is 1. The van der Waals surface area contributed by atoms with Gasteiger partial charge in [0, 0.05) is 25.4 Å². The van der Waals surface area contributed by atoms with Gasteiger partial charge in [-0.25, -0.2) is 0 Å². The van der Waals surface area contributed by atoms with E-state index in [1.54, 1.807) is 7.11 Å². The van der Waals surface area contributed by atoms with Gasteiger partial charge in [-0.1, -0.05) is 12.1 Å². The lowest BCUT2D eigenvalue weighted by molar-refractivity contribution is -0.137. The van der Waals surface area contributed by atoms with Crippen LogP contribution in [0.1, 0.15) is 18.4 Å². The van der Waals surface area contributed by atoms with Crippen molar-refractivity contribution < 1.29 is 14.3 Å². The molecule has 0 saturated heterocycles. The van der Waals surface area contributed by atoms with Crippen LogP contribution in [-0.2, 0) is 20.8 Å². The van der Waals surface area contributed by atoms with Crippen molar-refractivity contribution in [1.82, 2.24) is 4.90 Å². The van der Waals surface area contributed by atoms with Gasteiger partial charge in [0.1, 0.15) is 6.61 Å². The van der Waals surface area contributed by atoms with Crippen LogP contribution in [0, 0.1) is 0 Å². The molecule has 0 spiro atoms. The van der Waals surface area contributed by atoms with Gasteiger partial charge in [0.2, 0.25) is 5.91 Å². The third-order valence-electron chi connectivity index (χ3n) is 3.30. The molecule has 1 amide bonds. The third-order valence-corrected chi connectivity index (χ3v) is 3.30. The van der Waals surface area contributed by atoms with Crippen LogP contribution < -0.4 is 5.73 Å². The second kappa shape index (κ2) is 7.26. The lowest BCUT2D eigenvalue weighted by Crippen LogP contribution is -2.35. The van der Waals surface area contributed by atoms with Crippen LogP contribution in [0.3, 0.4) is 0 Å². The number of anilines is 1. The van der Waals surface area contributed by atoms with Gasteiger partial charge < -0.3 is 20.1 Å². The van der Waals surface area contributed by atoms with Gasteiger partial charge in [0.25, 0.3) is 0 Å². The molecule has 0 aliphatic heterocycles. The zero-order valence-corrected chi connectivity index (χ0v) is 11.9. The molecule has 1 aromatic carbocycles. The first-order valence-corrected chi connectivity index (χ1v) is 6.91. The molecule has 0 unspecified atom stereocenters. The molecule has 2 N–H and O–H groups in total. The third kappa shape index (κ3) is 4.51. The zero-order chi connectivity index (χ0) is 14.4. The van der Waals surface area contributed by atoms with E-state index in [1.807, 2.05) is 29.2 Å². The van der Waals surface area contributed by atoms with E-state index >= 15 is 0 Å². The van der Waals surface area contributed by atoms with Gasteiger partial charge in [-0.2, -0.15) is 0 Å². The molecule has 0 aromatic heterocycles. The van der Waals surface area contributed by atoms with Crippen LogP contribution in [0.4, 0.5) is 5.69 Å². The predicted molar refractivity (Wildman–Crippen MR) is 77.1 cm³/mol. The summed E-state index contributed by atoms with van der Waals surface area (Å²) in [5.41, 5.74) is 7.50. The van der Waals surface area contributed by atoms with Gasteiger partial charge in [0.05, 0.1) is 13.2 Å². The molecule has 1 saturated carbocycles. The first-order chi connectivity index (χ1) is 9.70. The summed E-state index contributed by atoms with van der Waals surface area (Å²) < 4.78 is 10.2. The second-order valence-electron chi connectivity index (χ2n) is 5.04. The lowest BCUT2D eigenvalue weighted by Gasteiger charge is -2.22. The maximum atomic E-state index is 12.2. The second-order valence-corrected chi connectivity index (χ2v) is 5.04. The molecular weight excluding hydrogens is 256 g/mol. The normalized spacial score (nSPS) is 14.2. The minimum Gasteiger partial charge on any atom is -0.399 e. The monoisotopic (exact) mass is 278 g/mol. The van der Waals surface area contributed by atoms with E-state index < -0.39 is 0 Å². The molecule has 1 aromatic rings. The van der Waals surface area contributed by atoms with Gasteiger partial charge in [-0.05, 0) is 30.5 Å². The predicted octanol–water partition coefficient (Wildman–Crippen LogP) is 1.42. The first-order valence-electron chi connectivity index (χ1n) is 6.91. The van der Waals surface area contributed by atoms with Crippen molar-refractivity contribution in [3.05, 3.63) is 29.8 Å². The fourth-order valence-corrected chi connectivity index (χ4v) is 2.01. The number of nitrogen functional groups attached to an aromatic ring is 1. The Hall–Kier alpha value is -1.59. The van der Waals surface area contributed by atoms with Gasteiger partial charge in [-0.3, -0.25) is 4.79 Å². The molecule has 5 heteroatoms. The number of nitrogens with zero attached hydrogens (tertiary/aromatic N) is 1. The number of nitrogens with two attached hydrogens (primary N) is 1. The van der Waals surface area contributed by atoms with E-state index in [-0.39, 0.29) is 12.5 Å². The van der Waals surface area contributed by atoms with Gasteiger partial charge in [0.15, 0.2) is 0 Å². The minimum atomic E-state index is 0.0421. The number of carbonyl (C=O) groups is 1. The van der Waals surface area contributed by atoms with Crippen molar-refractivity contribution in [2.45, 2.75) is 25.4 Å². The van der Waals surface area contributed by atoms with Crippen molar-refractivity contribution in [2.75, 3.05) is 32.7 Å². The van der Waals surface area contributed by atoms with Crippen LogP contribution in [0.5, 0.6) is 0 Å². The molecule has 2 rings (SSSR count). The highest BCUT2D eigenvalue weighted by molar-refractivity contribution is 5.78. The molecule has 0 radical (unpaired) electrons. The molecule has 1 aliphatic carbocycles. The SMILES string of the molecule is COCCOCC(=O)N(Cc1ccc(N)cc1)C1CC1. The summed E-state index contributed by atoms with van der Waals surface area (Å²) in [5, 5.41) is 0. The Balaban J connectivity index is 1.86. The standard InChI is InChI=1S/C15H22N2O3/c1-19-8-9-20-11-15(18)17(14-6-7-14)10-12-2-4-13(16)5-3-12/h2-5,14H,6-11,16H2,1H3. The zero-order valence-electron chi connectivity index (χ0n) is 11.9. The Morgan fingerprint density at radius 2 is 2.00 bits per heavy atom. The Kier molecular flexibility index (Phi) is 5.38. The summed E-state index contributed by atoms with van der Waals surface area (Å²) in [6.07, 6.45) is 2.16. The number of amides is 1. The Morgan fingerprint density at radius 3 is 2.60 bits per heavy atom. The van der Waals surface area contributed by atoms with Crippen molar-refractivity contribution >= 4 is 11.6 Å². The average Bonchev–Trinajstić information content (AvgIpc) is 3.27. The number of methoxy groups -OCH3 is 1. The topological polar surface area (TPSA) is 64.8 Å². The van der Waals surface area contributed by atoms with Crippen LogP contribution in [0.15, 0.2) is 24.3 Å². The van der Waals surface area contributed by atoms with Crippen LogP contribution in [0.25, 0.3) is 0 Å². The highest BCUT2D eigenvalue weighted by Gasteiger charge is 2.32. The summed E-state index contributed by atoms with van der Waals surface area (Å²) in [4.78, 5) is 14.1. The van der Waals surface area contributed by atoms with Crippen molar-refractivity contribution in [1.29, 1.82) is 0 Å². The van der Waals surface area contributed by atoms with E-state index in [2.05, 4.69) is 0 Å². The molecular formula is C15H22N2O3. The van der Waals surface area contributed by atoms with E-state index in [4.69, 9.17) is 15.2 Å². The largest absolute Gasteiger partial charge is 0.399 e. The molecule has 20 heavy (non-hydrogen) atoms. The summed E-state index contributed by atoms with van der Waals surface area (Å²) in [6.45, 7) is 1.70. The quantitative estimate of drug-likeness (QED) is 0.577. The highest BCUT2D eigenvalue weighted by Crippen LogP contribution is 2.28. The fourth-order valence-electron chi connectivity index (χ4n) is 2.01. The summed E-state index contributed by atoms with van der Waals surface area (Å²) in [7, 11) is 1.61. The smallest absolute Gasteiger partial charge is 0.249 e.